The fraction of sp³-hybridized carbons (Fsp3) is 0.600. The predicted octanol–water partition coefficient (Wildman–Crippen LogP) is 2.04. The van der Waals surface area contributed by atoms with Gasteiger partial charge in [-0.25, -0.2) is 0 Å². The van der Waals surface area contributed by atoms with Crippen LogP contribution in [0.4, 0.5) is 0 Å². The van der Waals surface area contributed by atoms with Crippen LogP contribution in [0.15, 0.2) is 16.5 Å². The number of hydrogen-bond acceptors (Lipinski definition) is 4. The summed E-state index contributed by atoms with van der Waals surface area (Å²) in [4.78, 5) is 11.6. The Morgan fingerprint density at radius 3 is 2.43 bits per heavy atom. The van der Waals surface area contributed by atoms with Crippen molar-refractivity contribution in [3.8, 4) is 0 Å². The van der Waals surface area contributed by atoms with Gasteiger partial charge in [-0.2, -0.15) is 0 Å². The van der Waals surface area contributed by atoms with Gasteiger partial charge < -0.3 is 10.3 Å². The molecule has 1 aliphatic rings. The number of carbonyl (C=O) groups is 1. The van der Waals surface area contributed by atoms with E-state index in [2.05, 4.69) is 5.16 Å². The second-order valence-electron chi connectivity index (χ2n) is 4.45. The average molecular weight is 197 g/mol. The second kappa shape index (κ2) is 3.44. The molecule has 78 valence electrons. The molecule has 0 bridgehead atoms. The van der Waals surface area contributed by atoms with E-state index in [-0.39, 0.29) is 28.2 Å². The van der Waals surface area contributed by atoms with E-state index in [0.29, 0.717) is 12.8 Å². The molecule has 0 saturated heterocycles. The highest BCUT2D eigenvalue weighted by atomic mass is 16.4. The highest BCUT2D eigenvalue weighted by molar-refractivity contribution is 6.22. The molecular formula is C10H15NO3. The van der Waals surface area contributed by atoms with Gasteiger partial charge in [-0.3, -0.25) is 4.79 Å². The van der Waals surface area contributed by atoms with Crippen LogP contribution >= 0.6 is 0 Å². The molecule has 4 heteroatoms. The van der Waals surface area contributed by atoms with Crippen LogP contribution in [-0.4, -0.2) is 21.8 Å². The van der Waals surface area contributed by atoms with Gasteiger partial charge in [0.15, 0.2) is 5.78 Å². The molecular weight excluding hydrogens is 182 g/mol. The minimum atomic E-state index is -0.208. The Morgan fingerprint density at radius 1 is 1.43 bits per heavy atom. The van der Waals surface area contributed by atoms with Crippen LogP contribution in [-0.2, 0) is 4.79 Å². The first-order chi connectivity index (χ1) is 6.37. The molecule has 0 unspecified atom stereocenters. The van der Waals surface area contributed by atoms with E-state index in [1.807, 2.05) is 13.8 Å². The average Bonchev–Trinajstić information content (AvgIpc) is 1.99. The molecule has 0 amide bonds. The Morgan fingerprint density at radius 2 is 2.00 bits per heavy atom. The van der Waals surface area contributed by atoms with Gasteiger partial charge in [0.05, 0.1) is 11.3 Å². The summed E-state index contributed by atoms with van der Waals surface area (Å²) in [7, 11) is 0. The number of ketones is 1. The van der Waals surface area contributed by atoms with Crippen molar-refractivity contribution in [3.05, 3.63) is 11.3 Å². The monoisotopic (exact) mass is 197 g/mol. The summed E-state index contributed by atoms with van der Waals surface area (Å²) in [6.45, 7) is 5.34. The fourth-order valence-corrected chi connectivity index (χ4v) is 1.75. The lowest BCUT2D eigenvalue weighted by Crippen LogP contribution is -2.28. The maximum atomic E-state index is 11.6. The summed E-state index contributed by atoms with van der Waals surface area (Å²) in [5, 5.41) is 21.1. The molecule has 0 radical (unpaired) electrons. The molecule has 0 aromatic carbocycles. The van der Waals surface area contributed by atoms with E-state index in [1.165, 1.54) is 6.92 Å². The van der Waals surface area contributed by atoms with Crippen LogP contribution in [0.5, 0.6) is 0 Å². The molecule has 0 saturated carbocycles. The third-order valence-electron chi connectivity index (χ3n) is 2.36. The quantitative estimate of drug-likeness (QED) is 0.384. The van der Waals surface area contributed by atoms with Gasteiger partial charge in [0.1, 0.15) is 5.76 Å². The highest BCUT2D eigenvalue weighted by Crippen LogP contribution is 2.35. The van der Waals surface area contributed by atoms with Crippen LogP contribution in [0.25, 0.3) is 0 Å². The molecule has 0 heterocycles. The first-order valence-corrected chi connectivity index (χ1v) is 4.52. The molecule has 0 aromatic heterocycles. The van der Waals surface area contributed by atoms with Crippen molar-refractivity contribution in [2.45, 2.75) is 33.6 Å². The van der Waals surface area contributed by atoms with Crippen molar-refractivity contribution in [1.82, 2.24) is 0 Å². The van der Waals surface area contributed by atoms with Crippen LogP contribution in [0.3, 0.4) is 0 Å². The standard InChI is InChI=1S/C10H15NO3/c1-6(11-14)9-7(12)4-10(2,3)5-8(9)13/h12,14H,4-5H2,1-3H3. The van der Waals surface area contributed by atoms with E-state index in [0.717, 1.165) is 0 Å². The van der Waals surface area contributed by atoms with Gasteiger partial charge in [0.25, 0.3) is 0 Å². The van der Waals surface area contributed by atoms with E-state index < -0.39 is 0 Å². The van der Waals surface area contributed by atoms with Gasteiger partial charge in [0, 0.05) is 12.8 Å². The van der Waals surface area contributed by atoms with Crippen LogP contribution in [0.2, 0.25) is 0 Å². The fourth-order valence-electron chi connectivity index (χ4n) is 1.75. The third kappa shape index (κ3) is 1.95. The van der Waals surface area contributed by atoms with Gasteiger partial charge >= 0.3 is 0 Å². The van der Waals surface area contributed by atoms with E-state index >= 15 is 0 Å². The Balaban J connectivity index is 3.12. The van der Waals surface area contributed by atoms with E-state index in [9.17, 15) is 9.90 Å². The highest BCUT2D eigenvalue weighted by Gasteiger charge is 2.34. The maximum absolute atomic E-state index is 11.6. The van der Waals surface area contributed by atoms with Gasteiger partial charge in [0.2, 0.25) is 0 Å². The van der Waals surface area contributed by atoms with E-state index in [1.54, 1.807) is 0 Å². The lowest BCUT2D eigenvalue weighted by atomic mass is 9.76. The molecule has 0 atom stereocenters. The van der Waals surface area contributed by atoms with E-state index in [4.69, 9.17) is 5.21 Å². The van der Waals surface area contributed by atoms with Crippen LogP contribution in [0.1, 0.15) is 33.6 Å². The Kier molecular flexibility index (Phi) is 2.64. The molecule has 0 spiro atoms. The zero-order valence-electron chi connectivity index (χ0n) is 8.66. The second-order valence-corrected chi connectivity index (χ2v) is 4.45. The number of aliphatic hydroxyl groups is 1. The Hall–Kier alpha value is -1.32. The lowest BCUT2D eigenvalue weighted by Gasteiger charge is -2.29. The van der Waals surface area contributed by atoms with Crippen LogP contribution in [0, 0.1) is 5.41 Å². The summed E-state index contributed by atoms with van der Waals surface area (Å²) in [6.07, 6.45) is 0.820. The Labute approximate surface area is 82.9 Å². The molecule has 0 aliphatic heterocycles. The number of rotatable bonds is 1. The van der Waals surface area contributed by atoms with Crippen molar-refractivity contribution in [3.63, 3.8) is 0 Å². The molecule has 0 aromatic rings. The van der Waals surface area contributed by atoms with Crippen molar-refractivity contribution in [1.29, 1.82) is 0 Å². The van der Waals surface area contributed by atoms with Gasteiger partial charge in [-0.15, -0.1) is 0 Å². The lowest BCUT2D eigenvalue weighted by molar-refractivity contribution is -0.118. The normalized spacial score (nSPS) is 22.8. The summed E-state index contributed by atoms with van der Waals surface area (Å²) < 4.78 is 0. The van der Waals surface area contributed by atoms with Gasteiger partial charge in [-0.05, 0) is 12.3 Å². The number of hydrogen-bond donors (Lipinski definition) is 2. The minimum absolute atomic E-state index is 0.0292. The predicted molar refractivity (Wildman–Crippen MR) is 52.6 cm³/mol. The van der Waals surface area contributed by atoms with Gasteiger partial charge in [-0.1, -0.05) is 19.0 Å². The summed E-state index contributed by atoms with van der Waals surface area (Å²) in [5.41, 5.74) is 0.148. The number of aliphatic hydroxyl groups excluding tert-OH is 1. The summed E-state index contributed by atoms with van der Waals surface area (Å²) in [5.74, 6) is -0.129. The molecule has 14 heavy (non-hydrogen) atoms. The van der Waals surface area contributed by atoms with Crippen molar-refractivity contribution < 1.29 is 15.1 Å². The zero-order valence-corrected chi connectivity index (χ0v) is 8.66. The summed E-state index contributed by atoms with van der Waals surface area (Å²) >= 11 is 0. The molecule has 4 nitrogen and oxygen atoms in total. The number of nitrogens with zero attached hydrogens (tertiary/aromatic N) is 1. The molecule has 1 aliphatic carbocycles. The van der Waals surface area contributed by atoms with Crippen molar-refractivity contribution in [2.75, 3.05) is 0 Å². The number of carbonyl (C=O) groups excluding carboxylic acids is 1. The molecule has 1 rings (SSSR count). The third-order valence-corrected chi connectivity index (χ3v) is 2.36. The molecule has 0 fully saturated rings. The first-order valence-electron chi connectivity index (χ1n) is 4.52. The SMILES string of the molecule is CC(=NO)C1=C(O)CC(C)(C)CC1=O. The first kappa shape index (κ1) is 10.8. The maximum Gasteiger partial charge on any atom is 0.168 e. The Bertz CT molecular complexity index is 326. The number of Topliss-reactive ketones (excluding diaryl/α,β-unsaturated/α-hetero) is 1. The molecule has 2 N–H and O–H groups in total. The van der Waals surface area contributed by atoms with Crippen molar-refractivity contribution in [2.24, 2.45) is 10.6 Å². The topological polar surface area (TPSA) is 69.9 Å². The van der Waals surface area contributed by atoms with Crippen LogP contribution < -0.4 is 0 Å². The zero-order chi connectivity index (χ0) is 10.9. The number of allylic oxidation sites excluding steroid dienone is 2. The largest absolute Gasteiger partial charge is 0.511 e. The van der Waals surface area contributed by atoms with Crippen molar-refractivity contribution >= 4 is 11.5 Å². The summed E-state index contributed by atoms with van der Waals surface area (Å²) in [6, 6.07) is 0. The number of oxime groups is 1. The minimum Gasteiger partial charge on any atom is -0.511 e. The smallest absolute Gasteiger partial charge is 0.168 e.